The Balaban J connectivity index is 0.000000158. The number of fused-ring (bicyclic) bond motifs is 10. The molecule has 0 amide bonds. The van der Waals surface area contributed by atoms with E-state index in [0.29, 0.717) is 12.0 Å². The average Bonchev–Trinajstić information content (AvgIpc) is 3.75. The predicted octanol–water partition coefficient (Wildman–Crippen LogP) is 18.2. The summed E-state index contributed by atoms with van der Waals surface area (Å²) in [5, 5.41) is 0. The van der Waals surface area contributed by atoms with Gasteiger partial charge in [-0.1, -0.05) is 187 Å². The van der Waals surface area contributed by atoms with Crippen molar-refractivity contribution in [2.45, 2.75) is 103 Å². The number of benzene rings is 6. The number of rotatable bonds is 19. The minimum atomic E-state index is -0.337. The van der Waals surface area contributed by atoms with Gasteiger partial charge in [-0.3, -0.25) is 0 Å². The lowest BCUT2D eigenvalue weighted by atomic mass is 9.70. The van der Waals surface area contributed by atoms with Gasteiger partial charge >= 0.3 is 0 Å². The first-order chi connectivity index (χ1) is 32.6. The molecule has 6 aromatic rings. The summed E-state index contributed by atoms with van der Waals surface area (Å²) in [5.41, 5.74) is 19.6. The standard InChI is InChI=1S/C25H12Br4.C19H29BrO3.C14H23N/c26-13-1-5-17-18-6-2-14(27)10-22(18)25(21(17)9-13)23-11-15(28)3-7-19(23)20-8-4-16(29)12-24(20)25;1-2-19(15-23-16-19)14-22-12-6-4-3-5-11-21-13-17-7-9-18(20)10-8-17;1-2-3-4-5-6-7-8-13-9-11-14(15)12-10-13/h1-12H;7-10H,2-6,11-16H2,1H3;9-12H,2-8,15H2,1H3. The third kappa shape index (κ3) is 13.2. The van der Waals surface area contributed by atoms with Crippen molar-refractivity contribution in [2.75, 3.05) is 38.8 Å². The molecule has 0 bridgehead atoms. The molecule has 1 fully saturated rings. The van der Waals surface area contributed by atoms with E-state index in [-0.39, 0.29) is 5.41 Å². The second-order valence-electron chi connectivity index (χ2n) is 18.3. The van der Waals surface area contributed by atoms with Crippen molar-refractivity contribution >= 4 is 85.3 Å². The van der Waals surface area contributed by atoms with Crippen LogP contribution in [-0.2, 0) is 32.7 Å². The number of halogens is 5. The molecule has 0 unspecified atom stereocenters. The van der Waals surface area contributed by atoms with Crippen LogP contribution in [0, 0.1) is 5.41 Å². The molecular formula is C58H64Br5NO3. The Morgan fingerprint density at radius 3 is 1.34 bits per heavy atom. The zero-order valence-corrected chi connectivity index (χ0v) is 46.9. The molecule has 0 saturated carbocycles. The molecule has 67 heavy (non-hydrogen) atoms. The number of hydrogen-bond acceptors (Lipinski definition) is 4. The highest BCUT2D eigenvalue weighted by molar-refractivity contribution is 9.11. The second-order valence-corrected chi connectivity index (χ2v) is 22.8. The molecule has 1 heterocycles. The maximum Gasteiger partial charge on any atom is 0.0727 e. The van der Waals surface area contributed by atoms with Crippen molar-refractivity contribution in [1.29, 1.82) is 0 Å². The lowest BCUT2D eigenvalue weighted by molar-refractivity contribution is -0.150. The molecule has 9 heteroatoms. The first-order valence-corrected chi connectivity index (χ1v) is 28.1. The second kappa shape index (κ2) is 25.5. The molecule has 354 valence electrons. The van der Waals surface area contributed by atoms with E-state index in [0.717, 1.165) is 80.3 Å². The molecule has 2 N–H and O–H groups in total. The molecule has 6 aromatic carbocycles. The molecule has 0 aromatic heterocycles. The highest BCUT2D eigenvalue weighted by Gasteiger charge is 2.52. The van der Waals surface area contributed by atoms with Gasteiger partial charge in [0.15, 0.2) is 0 Å². The van der Waals surface area contributed by atoms with E-state index >= 15 is 0 Å². The monoisotopic (exact) mass is 1220 g/mol. The van der Waals surface area contributed by atoms with Crippen molar-refractivity contribution in [1.82, 2.24) is 0 Å². The topological polar surface area (TPSA) is 53.7 Å². The van der Waals surface area contributed by atoms with E-state index in [1.54, 1.807) is 0 Å². The normalized spacial score (nSPS) is 14.2. The Hall–Kier alpha value is -2.60. The van der Waals surface area contributed by atoms with E-state index in [1.165, 1.54) is 113 Å². The first-order valence-electron chi connectivity index (χ1n) is 24.1. The zero-order valence-electron chi connectivity index (χ0n) is 39.0. The Bertz CT molecular complexity index is 2300. The van der Waals surface area contributed by atoms with E-state index in [2.05, 4.69) is 203 Å². The molecule has 4 nitrogen and oxygen atoms in total. The lowest BCUT2D eigenvalue weighted by Gasteiger charge is -2.40. The van der Waals surface area contributed by atoms with Crippen molar-refractivity contribution in [3.8, 4) is 22.3 Å². The molecule has 1 spiro atoms. The summed E-state index contributed by atoms with van der Waals surface area (Å²) in [6.07, 6.45) is 15.3. The first kappa shape index (κ1) is 52.2. The van der Waals surface area contributed by atoms with Gasteiger partial charge in [0, 0.05) is 46.7 Å². The van der Waals surface area contributed by atoms with Crippen LogP contribution in [0.2, 0.25) is 0 Å². The van der Waals surface area contributed by atoms with Crippen LogP contribution in [0.1, 0.15) is 118 Å². The van der Waals surface area contributed by atoms with Crippen LogP contribution < -0.4 is 5.73 Å². The number of unbranched alkanes of at least 4 members (excludes halogenated alkanes) is 8. The van der Waals surface area contributed by atoms with Gasteiger partial charge in [0.2, 0.25) is 0 Å². The van der Waals surface area contributed by atoms with Crippen LogP contribution in [-0.4, -0.2) is 33.0 Å². The van der Waals surface area contributed by atoms with Crippen LogP contribution in [0.25, 0.3) is 22.3 Å². The van der Waals surface area contributed by atoms with Crippen molar-refractivity contribution in [3.05, 3.63) is 177 Å². The third-order valence-corrected chi connectivity index (χ3v) is 15.9. The summed E-state index contributed by atoms with van der Waals surface area (Å²) in [4.78, 5) is 0. The number of hydrogen-bond donors (Lipinski definition) is 1. The molecule has 1 aliphatic heterocycles. The number of anilines is 1. The fourth-order valence-electron chi connectivity index (χ4n) is 9.51. The highest BCUT2D eigenvalue weighted by Crippen LogP contribution is 2.64. The van der Waals surface area contributed by atoms with Gasteiger partial charge in [-0.25, -0.2) is 0 Å². The molecule has 0 atom stereocenters. The van der Waals surface area contributed by atoms with Crippen LogP contribution in [0.5, 0.6) is 0 Å². The maximum atomic E-state index is 5.81. The largest absolute Gasteiger partial charge is 0.399 e. The summed E-state index contributed by atoms with van der Waals surface area (Å²) in [5.74, 6) is 0. The number of ether oxygens (including phenoxy) is 3. The summed E-state index contributed by atoms with van der Waals surface area (Å²) in [7, 11) is 0. The Morgan fingerprint density at radius 1 is 0.478 bits per heavy atom. The molecule has 2 aliphatic carbocycles. The predicted molar refractivity (Wildman–Crippen MR) is 298 cm³/mol. The van der Waals surface area contributed by atoms with Crippen molar-refractivity contribution in [2.24, 2.45) is 5.41 Å². The fraction of sp³-hybridized carbons (Fsp3) is 0.379. The Kier molecular flexibility index (Phi) is 19.9. The Labute approximate surface area is 442 Å². The van der Waals surface area contributed by atoms with Crippen molar-refractivity contribution < 1.29 is 14.2 Å². The van der Waals surface area contributed by atoms with Crippen LogP contribution in [0.15, 0.2) is 144 Å². The van der Waals surface area contributed by atoms with Crippen LogP contribution in [0.4, 0.5) is 5.69 Å². The van der Waals surface area contributed by atoms with Crippen LogP contribution >= 0.6 is 79.6 Å². The minimum absolute atomic E-state index is 0.320. The summed E-state index contributed by atoms with van der Waals surface area (Å²) >= 11 is 18.4. The van der Waals surface area contributed by atoms with Crippen LogP contribution in [0.3, 0.4) is 0 Å². The average molecular weight is 1220 g/mol. The lowest BCUT2D eigenvalue weighted by Crippen LogP contribution is -2.45. The van der Waals surface area contributed by atoms with Crippen molar-refractivity contribution in [3.63, 3.8) is 0 Å². The number of nitrogen functional groups attached to an aromatic ring is 1. The maximum absolute atomic E-state index is 5.81. The Morgan fingerprint density at radius 2 is 0.896 bits per heavy atom. The van der Waals surface area contributed by atoms with Gasteiger partial charge in [0.05, 0.1) is 31.8 Å². The number of nitrogens with two attached hydrogens (primary N) is 1. The number of aryl methyl sites for hydroxylation is 1. The molecule has 9 rings (SSSR count). The van der Waals surface area contributed by atoms with Gasteiger partial charge in [-0.05, 0) is 161 Å². The molecule has 0 radical (unpaired) electrons. The van der Waals surface area contributed by atoms with Gasteiger partial charge in [0.25, 0.3) is 0 Å². The molecular weight excluding hydrogens is 1160 g/mol. The van der Waals surface area contributed by atoms with E-state index in [4.69, 9.17) is 19.9 Å². The molecule has 1 saturated heterocycles. The van der Waals surface area contributed by atoms with E-state index in [9.17, 15) is 0 Å². The van der Waals surface area contributed by atoms with Gasteiger partial charge in [-0.15, -0.1) is 0 Å². The molecule has 3 aliphatic rings. The van der Waals surface area contributed by atoms with Gasteiger partial charge < -0.3 is 19.9 Å². The quantitative estimate of drug-likeness (QED) is 0.0648. The van der Waals surface area contributed by atoms with E-state index in [1.807, 2.05) is 12.1 Å². The summed E-state index contributed by atoms with van der Waals surface area (Å²) in [6, 6.07) is 43.3. The van der Waals surface area contributed by atoms with Gasteiger partial charge in [0.1, 0.15) is 0 Å². The zero-order chi connectivity index (χ0) is 47.2. The highest BCUT2D eigenvalue weighted by atomic mass is 79.9. The van der Waals surface area contributed by atoms with Gasteiger partial charge in [-0.2, -0.15) is 0 Å². The third-order valence-electron chi connectivity index (χ3n) is 13.4. The SMILES string of the molecule is Brc1ccc2c(c1)C1(c3cc(Br)ccc3-2)c2cc(Br)ccc2-c2ccc(Br)cc21.CCC1(COCCCCCCOCc2ccc(Br)cc2)COC1.CCCCCCCCc1ccc(N)cc1. The summed E-state index contributed by atoms with van der Waals surface area (Å²) < 4.78 is 22.3. The smallest absolute Gasteiger partial charge is 0.0727 e. The van der Waals surface area contributed by atoms with E-state index < -0.39 is 0 Å². The summed E-state index contributed by atoms with van der Waals surface area (Å²) in [6.45, 7) is 9.51. The minimum Gasteiger partial charge on any atom is -0.399 e. The fourth-order valence-corrected chi connectivity index (χ4v) is 11.2.